The molecule has 0 saturated carbocycles. The van der Waals surface area contributed by atoms with E-state index in [9.17, 15) is 0 Å². The lowest BCUT2D eigenvalue weighted by molar-refractivity contribution is 0.242. The normalized spacial score (nSPS) is 11.1. The predicted molar refractivity (Wildman–Crippen MR) is 65.3 cm³/mol. The summed E-state index contributed by atoms with van der Waals surface area (Å²) in [6.45, 7) is 3.93. The molecule has 1 aromatic carbocycles. The van der Waals surface area contributed by atoms with E-state index in [1.54, 1.807) is 6.07 Å². The van der Waals surface area contributed by atoms with E-state index in [-0.39, 0.29) is 16.4 Å². The van der Waals surface area contributed by atoms with Gasteiger partial charge in [0, 0.05) is 6.07 Å². The zero-order valence-corrected chi connectivity index (χ0v) is 10.4. The zero-order chi connectivity index (χ0) is 11.7. The number of hydrogen-bond donors (Lipinski definition) is 0. The molecule has 1 aromatic heterocycles. The highest BCUT2D eigenvalue weighted by Gasteiger charge is 2.06. The van der Waals surface area contributed by atoms with E-state index in [1.807, 2.05) is 26.0 Å². The number of benzene rings is 1. The summed E-state index contributed by atoms with van der Waals surface area (Å²) < 4.78 is 5.55. The summed E-state index contributed by atoms with van der Waals surface area (Å²) in [4.78, 5) is 8.24. The molecule has 2 aromatic rings. The number of hydrogen-bond acceptors (Lipinski definition) is 3. The lowest BCUT2D eigenvalue weighted by Gasteiger charge is -2.09. The van der Waals surface area contributed by atoms with Crippen LogP contribution in [0.15, 0.2) is 18.2 Å². The third-order valence-electron chi connectivity index (χ3n) is 1.93. The second-order valence-corrected chi connectivity index (χ2v) is 4.34. The fourth-order valence-electron chi connectivity index (χ4n) is 1.34. The maximum Gasteiger partial charge on any atom is 0.167 e. The van der Waals surface area contributed by atoms with E-state index in [0.717, 1.165) is 5.75 Å². The second kappa shape index (κ2) is 4.44. The predicted octanol–water partition coefficient (Wildman–Crippen LogP) is 3.72. The minimum Gasteiger partial charge on any atom is -0.491 e. The summed E-state index contributed by atoms with van der Waals surface area (Å²) in [5.41, 5.74) is 1.37. The molecule has 0 amide bonds. The zero-order valence-electron chi connectivity index (χ0n) is 8.87. The SMILES string of the molecule is CC(C)Oc1ccc2nc(Cl)c(Cl)nc2c1. The van der Waals surface area contributed by atoms with Crippen molar-refractivity contribution in [2.24, 2.45) is 0 Å². The van der Waals surface area contributed by atoms with Crippen molar-refractivity contribution in [3.63, 3.8) is 0 Å². The molecule has 84 valence electrons. The first-order valence-electron chi connectivity index (χ1n) is 4.85. The Morgan fingerprint density at radius 1 is 1.06 bits per heavy atom. The third-order valence-corrected chi connectivity index (χ3v) is 2.55. The molecule has 0 atom stereocenters. The minimum absolute atomic E-state index is 0.119. The van der Waals surface area contributed by atoms with Gasteiger partial charge in [0.15, 0.2) is 10.3 Å². The second-order valence-electron chi connectivity index (χ2n) is 3.62. The molecule has 16 heavy (non-hydrogen) atoms. The van der Waals surface area contributed by atoms with Crippen LogP contribution in [0.3, 0.4) is 0 Å². The Morgan fingerprint density at radius 2 is 1.69 bits per heavy atom. The first-order valence-corrected chi connectivity index (χ1v) is 5.61. The Kier molecular flexibility index (Phi) is 3.17. The maximum absolute atomic E-state index is 5.80. The van der Waals surface area contributed by atoms with Gasteiger partial charge in [-0.2, -0.15) is 0 Å². The molecule has 3 nitrogen and oxygen atoms in total. The van der Waals surface area contributed by atoms with Crippen molar-refractivity contribution in [3.8, 4) is 5.75 Å². The number of halogens is 2. The highest BCUT2D eigenvalue weighted by Crippen LogP contribution is 2.24. The van der Waals surface area contributed by atoms with Crippen molar-refractivity contribution < 1.29 is 4.74 Å². The van der Waals surface area contributed by atoms with E-state index in [4.69, 9.17) is 27.9 Å². The van der Waals surface area contributed by atoms with E-state index >= 15 is 0 Å². The lowest BCUT2D eigenvalue weighted by Crippen LogP contribution is -2.05. The van der Waals surface area contributed by atoms with Crippen LogP contribution in [0, 0.1) is 0 Å². The van der Waals surface area contributed by atoms with Crippen LogP contribution < -0.4 is 4.74 Å². The monoisotopic (exact) mass is 256 g/mol. The topological polar surface area (TPSA) is 35.0 Å². The van der Waals surface area contributed by atoms with Gasteiger partial charge >= 0.3 is 0 Å². The Morgan fingerprint density at radius 3 is 2.31 bits per heavy atom. The van der Waals surface area contributed by atoms with Crippen molar-refractivity contribution in [2.45, 2.75) is 20.0 Å². The summed E-state index contributed by atoms with van der Waals surface area (Å²) in [5.74, 6) is 0.746. The van der Waals surface area contributed by atoms with Crippen molar-refractivity contribution in [1.82, 2.24) is 9.97 Å². The van der Waals surface area contributed by atoms with E-state index in [1.165, 1.54) is 0 Å². The first-order chi connectivity index (χ1) is 7.56. The first kappa shape index (κ1) is 11.4. The van der Waals surface area contributed by atoms with Gasteiger partial charge in [-0.15, -0.1) is 0 Å². The quantitative estimate of drug-likeness (QED) is 0.822. The molecule has 0 radical (unpaired) electrons. The summed E-state index contributed by atoms with van der Waals surface area (Å²) in [5, 5.41) is 0.419. The highest BCUT2D eigenvalue weighted by atomic mass is 35.5. The fraction of sp³-hybridized carbons (Fsp3) is 0.273. The Bertz CT molecular complexity index is 529. The standard InChI is InChI=1S/C11H10Cl2N2O/c1-6(2)16-7-3-4-8-9(5-7)15-11(13)10(12)14-8/h3-6H,1-2H3. The Hall–Kier alpha value is -1.06. The van der Waals surface area contributed by atoms with Gasteiger partial charge in [-0.1, -0.05) is 23.2 Å². The molecular formula is C11H10Cl2N2O. The van der Waals surface area contributed by atoms with Crippen LogP contribution in [-0.4, -0.2) is 16.1 Å². The van der Waals surface area contributed by atoms with Crippen LogP contribution in [0.25, 0.3) is 11.0 Å². The highest BCUT2D eigenvalue weighted by molar-refractivity contribution is 6.40. The molecule has 0 spiro atoms. The number of rotatable bonds is 2. The van der Waals surface area contributed by atoms with Gasteiger partial charge < -0.3 is 4.74 Å². The lowest BCUT2D eigenvalue weighted by atomic mass is 10.3. The number of ether oxygens (including phenoxy) is 1. The van der Waals surface area contributed by atoms with Crippen molar-refractivity contribution >= 4 is 34.2 Å². The summed E-state index contributed by atoms with van der Waals surface area (Å²) >= 11 is 11.6. The van der Waals surface area contributed by atoms with Gasteiger partial charge in [0.05, 0.1) is 17.1 Å². The minimum atomic E-state index is 0.119. The number of nitrogens with zero attached hydrogens (tertiary/aromatic N) is 2. The number of fused-ring (bicyclic) bond motifs is 1. The molecule has 0 N–H and O–H groups in total. The molecular weight excluding hydrogens is 247 g/mol. The van der Waals surface area contributed by atoms with Crippen LogP contribution in [0.1, 0.15) is 13.8 Å². The van der Waals surface area contributed by atoms with Gasteiger partial charge in [-0.3, -0.25) is 0 Å². The molecule has 5 heteroatoms. The van der Waals surface area contributed by atoms with Gasteiger partial charge in [0.2, 0.25) is 0 Å². The third kappa shape index (κ3) is 2.36. The molecule has 2 rings (SSSR count). The smallest absolute Gasteiger partial charge is 0.167 e. The van der Waals surface area contributed by atoms with Crippen LogP contribution in [0.4, 0.5) is 0 Å². The number of aromatic nitrogens is 2. The average Bonchev–Trinajstić information content (AvgIpc) is 2.19. The summed E-state index contributed by atoms with van der Waals surface area (Å²) in [6.07, 6.45) is 0.119. The van der Waals surface area contributed by atoms with E-state index in [2.05, 4.69) is 9.97 Å². The van der Waals surface area contributed by atoms with Crippen LogP contribution in [-0.2, 0) is 0 Å². The molecule has 0 aliphatic heterocycles. The van der Waals surface area contributed by atoms with Crippen LogP contribution >= 0.6 is 23.2 Å². The van der Waals surface area contributed by atoms with Crippen LogP contribution in [0.5, 0.6) is 5.75 Å². The molecule has 1 heterocycles. The van der Waals surface area contributed by atoms with Crippen molar-refractivity contribution in [2.75, 3.05) is 0 Å². The largest absolute Gasteiger partial charge is 0.491 e. The molecule has 0 aliphatic rings. The van der Waals surface area contributed by atoms with Gasteiger partial charge in [0.25, 0.3) is 0 Å². The molecule has 0 bridgehead atoms. The van der Waals surface area contributed by atoms with Gasteiger partial charge in [-0.25, -0.2) is 9.97 Å². The summed E-state index contributed by atoms with van der Waals surface area (Å²) in [6, 6.07) is 5.44. The van der Waals surface area contributed by atoms with Gasteiger partial charge in [0.1, 0.15) is 5.75 Å². The summed E-state index contributed by atoms with van der Waals surface area (Å²) in [7, 11) is 0. The van der Waals surface area contributed by atoms with E-state index in [0.29, 0.717) is 11.0 Å². The van der Waals surface area contributed by atoms with Crippen molar-refractivity contribution in [3.05, 3.63) is 28.5 Å². The van der Waals surface area contributed by atoms with Crippen molar-refractivity contribution in [1.29, 1.82) is 0 Å². The molecule has 0 aliphatic carbocycles. The average molecular weight is 257 g/mol. The molecule has 0 saturated heterocycles. The Labute approximate surface area is 103 Å². The Balaban J connectivity index is 2.49. The van der Waals surface area contributed by atoms with Gasteiger partial charge in [-0.05, 0) is 26.0 Å². The molecule has 0 fully saturated rings. The molecule has 0 unspecified atom stereocenters. The van der Waals surface area contributed by atoms with Crippen LogP contribution in [0.2, 0.25) is 10.3 Å². The maximum atomic E-state index is 5.80. The fourth-order valence-corrected chi connectivity index (χ4v) is 1.60. The van der Waals surface area contributed by atoms with E-state index < -0.39 is 0 Å².